The maximum Gasteiger partial charge on any atom is 0.230 e. The molecule has 6 nitrogen and oxygen atoms in total. The van der Waals surface area contributed by atoms with Gasteiger partial charge in [0.1, 0.15) is 0 Å². The van der Waals surface area contributed by atoms with Crippen LogP contribution in [0.2, 0.25) is 5.02 Å². The standard InChI is InChI=1S/C18H22ClN5O/c1-24-18(21-16(23-24)11-5-7-20-8-6-11)22-17(25)15-10-14(15)12-3-2-4-13(19)9-12/h2-4,9,11,14-15,20H,5-8,10H2,1H3,(H,21,22,23,25). The highest BCUT2D eigenvalue weighted by atomic mass is 35.5. The van der Waals surface area contributed by atoms with E-state index in [4.69, 9.17) is 11.6 Å². The molecule has 2 fully saturated rings. The molecule has 2 unspecified atom stereocenters. The summed E-state index contributed by atoms with van der Waals surface area (Å²) >= 11 is 6.04. The van der Waals surface area contributed by atoms with Gasteiger partial charge in [-0.2, -0.15) is 10.1 Å². The minimum Gasteiger partial charge on any atom is -0.317 e. The van der Waals surface area contributed by atoms with Crippen molar-refractivity contribution in [2.45, 2.75) is 31.1 Å². The van der Waals surface area contributed by atoms with Crippen LogP contribution in [0.15, 0.2) is 24.3 Å². The van der Waals surface area contributed by atoms with Gasteiger partial charge in [-0.3, -0.25) is 10.1 Å². The van der Waals surface area contributed by atoms with Crippen LogP contribution in [0.3, 0.4) is 0 Å². The number of piperidine rings is 1. The van der Waals surface area contributed by atoms with Crippen molar-refractivity contribution in [3.8, 4) is 0 Å². The van der Waals surface area contributed by atoms with Crippen molar-refractivity contribution < 1.29 is 4.79 Å². The number of anilines is 1. The third-order valence-corrected chi connectivity index (χ3v) is 5.36. The second-order valence-electron chi connectivity index (χ2n) is 6.93. The minimum absolute atomic E-state index is 0.0114. The SMILES string of the molecule is Cn1nc(C2CCNCC2)nc1NC(=O)C1CC1c1cccc(Cl)c1. The molecular formula is C18H22ClN5O. The lowest BCUT2D eigenvalue weighted by Gasteiger charge is -2.19. The van der Waals surface area contributed by atoms with Crippen molar-refractivity contribution in [3.05, 3.63) is 40.7 Å². The Hall–Kier alpha value is -1.92. The van der Waals surface area contributed by atoms with E-state index in [1.54, 1.807) is 4.68 Å². The van der Waals surface area contributed by atoms with Gasteiger partial charge in [0.25, 0.3) is 0 Å². The number of rotatable bonds is 4. The number of halogens is 1. The largest absolute Gasteiger partial charge is 0.317 e. The average Bonchev–Trinajstić information content (AvgIpc) is 3.34. The third kappa shape index (κ3) is 3.55. The van der Waals surface area contributed by atoms with Crippen LogP contribution in [-0.2, 0) is 11.8 Å². The van der Waals surface area contributed by atoms with Gasteiger partial charge in [0.2, 0.25) is 11.9 Å². The van der Waals surface area contributed by atoms with E-state index in [2.05, 4.69) is 20.7 Å². The number of hydrogen-bond acceptors (Lipinski definition) is 4. The summed E-state index contributed by atoms with van der Waals surface area (Å²) in [6, 6.07) is 7.75. The van der Waals surface area contributed by atoms with Gasteiger partial charge in [-0.25, -0.2) is 4.68 Å². The summed E-state index contributed by atoms with van der Waals surface area (Å²) in [6.45, 7) is 1.99. The summed E-state index contributed by atoms with van der Waals surface area (Å²) in [6.07, 6.45) is 2.93. The summed E-state index contributed by atoms with van der Waals surface area (Å²) in [5, 5.41) is 11.5. The van der Waals surface area contributed by atoms with Gasteiger partial charge in [0.15, 0.2) is 5.82 Å². The van der Waals surface area contributed by atoms with Gasteiger partial charge in [-0.05, 0) is 56.0 Å². The molecule has 4 rings (SSSR count). The Morgan fingerprint density at radius 1 is 1.36 bits per heavy atom. The van der Waals surface area contributed by atoms with E-state index in [-0.39, 0.29) is 17.7 Å². The van der Waals surface area contributed by atoms with Crippen LogP contribution in [0.1, 0.15) is 42.5 Å². The summed E-state index contributed by atoms with van der Waals surface area (Å²) in [4.78, 5) is 17.1. The topological polar surface area (TPSA) is 71.8 Å². The van der Waals surface area contributed by atoms with E-state index in [0.29, 0.717) is 16.9 Å². The van der Waals surface area contributed by atoms with E-state index in [0.717, 1.165) is 43.7 Å². The van der Waals surface area contributed by atoms with Crippen LogP contribution in [-0.4, -0.2) is 33.8 Å². The second kappa shape index (κ2) is 6.77. The fraction of sp³-hybridized carbons (Fsp3) is 0.500. The van der Waals surface area contributed by atoms with Gasteiger partial charge in [-0.15, -0.1) is 0 Å². The molecule has 1 aliphatic heterocycles. The first-order valence-corrected chi connectivity index (χ1v) is 9.17. The van der Waals surface area contributed by atoms with Crippen LogP contribution in [0.25, 0.3) is 0 Å². The predicted octanol–water partition coefficient (Wildman–Crippen LogP) is 2.68. The number of benzene rings is 1. The molecule has 0 spiro atoms. The molecule has 1 saturated heterocycles. The Kier molecular flexibility index (Phi) is 4.48. The molecule has 2 aliphatic rings. The van der Waals surface area contributed by atoms with Gasteiger partial charge in [0, 0.05) is 23.9 Å². The fourth-order valence-electron chi connectivity index (χ4n) is 3.56. The molecule has 1 aromatic heterocycles. The van der Waals surface area contributed by atoms with Crippen LogP contribution in [0, 0.1) is 5.92 Å². The van der Waals surface area contributed by atoms with Crippen LogP contribution < -0.4 is 10.6 Å². The molecule has 7 heteroatoms. The Balaban J connectivity index is 1.41. The first-order valence-electron chi connectivity index (χ1n) is 8.80. The third-order valence-electron chi connectivity index (χ3n) is 5.12. The molecule has 1 aliphatic carbocycles. The number of hydrogen-bond donors (Lipinski definition) is 2. The molecule has 1 aromatic carbocycles. The Bertz CT molecular complexity index is 784. The van der Waals surface area contributed by atoms with Crippen LogP contribution >= 0.6 is 11.6 Å². The average molecular weight is 360 g/mol. The van der Waals surface area contributed by atoms with E-state index in [1.807, 2.05) is 31.3 Å². The monoisotopic (exact) mass is 359 g/mol. The highest BCUT2D eigenvalue weighted by Gasteiger charge is 2.44. The maximum atomic E-state index is 12.5. The lowest BCUT2D eigenvalue weighted by Crippen LogP contribution is -2.27. The normalized spacial score (nSPS) is 23.4. The number of carbonyl (C=O) groups excluding carboxylic acids is 1. The number of nitrogens with zero attached hydrogens (tertiary/aromatic N) is 3. The van der Waals surface area contributed by atoms with E-state index in [1.165, 1.54) is 0 Å². The smallest absolute Gasteiger partial charge is 0.230 e. The Labute approximate surface area is 152 Å². The van der Waals surface area contributed by atoms with Crippen molar-refractivity contribution in [2.75, 3.05) is 18.4 Å². The molecule has 2 N–H and O–H groups in total. The molecule has 1 saturated carbocycles. The molecule has 0 bridgehead atoms. The Morgan fingerprint density at radius 2 is 2.16 bits per heavy atom. The minimum atomic E-state index is -0.0162. The van der Waals surface area contributed by atoms with E-state index >= 15 is 0 Å². The lowest BCUT2D eigenvalue weighted by atomic mass is 9.98. The molecule has 2 aromatic rings. The van der Waals surface area contributed by atoms with Gasteiger partial charge in [0.05, 0.1) is 0 Å². The summed E-state index contributed by atoms with van der Waals surface area (Å²) in [5.74, 6) is 1.99. The van der Waals surface area contributed by atoms with Gasteiger partial charge < -0.3 is 5.32 Å². The molecule has 1 amide bonds. The summed E-state index contributed by atoms with van der Waals surface area (Å²) < 4.78 is 1.67. The van der Waals surface area contributed by atoms with Crippen molar-refractivity contribution >= 4 is 23.5 Å². The number of carbonyl (C=O) groups is 1. The zero-order valence-corrected chi connectivity index (χ0v) is 15.0. The quantitative estimate of drug-likeness (QED) is 0.880. The number of nitrogens with one attached hydrogen (secondary N) is 2. The first-order chi connectivity index (χ1) is 12.1. The van der Waals surface area contributed by atoms with Gasteiger partial charge in [-0.1, -0.05) is 23.7 Å². The lowest BCUT2D eigenvalue weighted by molar-refractivity contribution is -0.117. The van der Waals surface area contributed by atoms with Crippen molar-refractivity contribution in [3.63, 3.8) is 0 Å². The van der Waals surface area contributed by atoms with Crippen LogP contribution in [0.5, 0.6) is 0 Å². The molecular weight excluding hydrogens is 338 g/mol. The highest BCUT2D eigenvalue weighted by molar-refractivity contribution is 6.30. The predicted molar refractivity (Wildman–Crippen MR) is 96.8 cm³/mol. The molecule has 2 atom stereocenters. The van der Waals surface area contributed by atoms with Crippen molar-refractivity contribution in [1.82, 2.24) is 20.1 Å². The zero-order chi connectivity index (χ0) is 17.4. The van der Waals surface area contributed by atoms with E-state index < -0.39 is 0 Å². The molecule has 132 valence electrons. The second-order valence-corrected chi connectivity index (χ2v) is 7.37. The number of aromatic nitrogens is 3. The fourth-order valence-corrected chi connectivity index (χ4v) is 3.76. The Morgan fingerprint density at radius 3 is 2.92 bits per heavy atom. The molecule has 25 heavy (non-hydrogen) atoms. The van der Waals surface area contributed by atoms with Crippen LogP contribution in [0.4, 0.5) is 5.95 Å². The van der Waals surface area contributed by atoms with Gasteiger partial charge >= 0.3 is 0 Å². The molecule has 0 radical (unpaired) electrons. The highest BCUT2D eigenvalue weighted by Crippen LogP contribution is 2.48. The summed E-state index contributed by atoms with van der Waals surface area (Å²) in [5.41, 5.74) is 1.13. The number of amides is 1. The van der Waals surface area contributed by atoms with Crippen molar-refractivity contribution in [1.29, 1.82) is 0 Å². The van der Waals surface area contributed by atoms with E-state index in [9.17, 15) is 4.79 Å². The number of aryl methyl sites for hydroxylation is 1. The summed E-state index contributed by atoms with van der Waals surface area (Å²) in [7, 11) is 1.83. The first kappa shape index (κ1) is 16.5. The van der Waals surface area contributed by atoms with Crippen molar-refractivity contribution in [2.24, 2.45) is 13.0 Å². The zero-order valence-electron chi connectivity index (χ0n) is 14.2. The molecule has 2 heterocycles. The maximum absolute atomic E-state index is 12.5.